The molecule has 3 rings (SSSR count). The number of carbonyl (C=O) groups is 1. The summed E-state index contributed by atoms with van der Waals surface area (Å²) in [5.41, 5.74) is 8.18. The zero-order valence-corrected chi connectivity index (χ0v) is 16.0. The van der Waals surface area contributed by atoms with Gasteiger partial charge in [0.2, 0.25) is 5.91 Å². The van der Waals surface area contributed by atoms with Gasteiger partial charge in [-0.2, -0.15) is 0 Å². The first-order valence-corrected chi connectivity index (χ1v) is 8.20. The van der Waals surface area contributed by atoms with Crippen LogP contribution in [0.2, 0.25) is 0 Å². The molecule has 1 aliphatic carbocycles. The molecule has 1 saturated carbocycles. The molecule has 25 heavy (non-hydrogen) atoms. The van der Waals surface area contributed by atoms with Gasteiger partial charge in [0.05, 0.1) is 18.1 Å². The maximum absolute atomic E-state index is 12.3. The quantitative estimate of drug-likeness (QED) is 0.832. The van der Waals surface area contributed by atoms with E-state index >= 15 is 0 Å². The van der Waals surface area contributed by atoms with Crippen LogP contribution in [0.4, 0.5) is 0 Å². The molecule has 0 aliphatic heterocycles. The van der Waals surface area contributed by atoms with Crippen LogP contribution in [0, 0.1) is 0 Å². The summed E-state index contributed by atoms with van der Waals surface area (Å²) in [5, 5.41) is 0. The third kappa shape index (κ3) is 5.46. The van der Waals surface area contributed by atoms with Crippen LogP contribution in [0.3, 0.4) is 0 Å². The Hall–Kier alpha value is -1.56. The maximum Gasteiger partial charge on any atom is 0.239 e. The van der Waals surface area contributed by atoms with Gasteiger partial charge in [-0.1, -0.05) is 30.3 Å². The number of aromatic nitrogens is 2. The first kappa shape index (κ1) is 21.5. The summed E-state index contributed by atoms with van der Waals surface area (Å²) in [5.74, 6) is 0.0207. The van der Waals surface area contributed by atoms with Gasteiger partial charge in [0.25, 0.3) is 0 Å². The molecule has 1 amide bonds. The Morgan fingerprint density at radius 1 is 1.32 bits per heavy atom. The van der Waals surface area contributed by atoms with Gasteiger partial charge in [-0.25, -0.2) is 4.98 Å². The Morgan fingerprint density at radius 2 is 2.00 bits per heavy atom. The Morgan fingerprint density at radius 3 is 2.60 bits per heavy atom. The topological polar surface area (TPSA) is 64.2 Å². The summed E-state index contributed by atoms with van der Waals surface area (Å²) in [4.78, 5) is 18.5. The van der Waals surface area contributed by atoms with E-state index in [1.54, 1.807) is 6.33 Å². The number of benzene rings is 1. The maximum atomic E-state index is 12.3. The highest BCUT2D eigenvalue weighted by atomic mass is 35.5. The monoisotopic (exact) mass is 384 g/mol. The highest BCUT2D eigenvalue weighted by Crippen LogP contribution is 2.24. The first-order valence-electron chi connectivity index (χ1n) is 8.20. The molecule has 1 aromatic heterocycles. The number of nitrogens with two attached hydrogens (primary N) is 1. The summed E-state index contributed by atoms with van der Waals surface area (Å²) in [6.45, 7) is 0.777. The lowest BCUT2D eigenvalue weighted by molar-refractivity contribution is -0.134. The lowest BCUT2D eigenvalue weighted by Crippen LogP contribution is -2.49. The zero-order valence-electron chi connectivity index (χ0n) is 14.4. The second kappa shape index (κ2) is 9.80. The zero-order chi connectivity index (χ0) is 16.2. The minimum Gasteiger partial charge on any atom is -0.341 e. The van der Waals surface area contributed by atoms with Crippen LogP contribution in [0.5, 0.6) is 0 Å². The number of halogens is 2. The summed E-state index contributed by atoms with van der Waals surface area (Å²) >= 11 is 0. The molecule has 0 saturated heterocycles. The molecule has 0 radical (unpaired) electrons. The molecule has 1 atom stereocenters. The molecule has 5 nitrogen and oxygen atoms in total. The molecule has 0 unspecified atom stereocenters. The van der Waals surface area contributed by atoms with E-state index in [1.165, 1.54) is 12.0 Å². The SMILES string of the molecule is CN(C(=O)[C@@H](N)Cc1cn(Cc2ccccc2)cn1)C1CCC1.Cl.Cl. The molecule has 1 fully saturated rings. The second-order valence-corrected chi connectivity index (χ2v) is 6.37. The van der Waals surface area contributed by atoms with Gasteiger partial charge >= 0.3 is 0 Å². The molecule has 138 valence electrons. The average molecular weight is 385 g/mol. The van der Waals surface area contributed by atoms with Crippen LogP contribution in [0.15, 0.2) is 42.9 Å². The van der Waals surface area contributed by atoms with Crippen LogP contribution in [-0.4, -0.2) is 39.5 Å². The minimum atomic E-state index is -0.513. The Kier molecular flexibility index (Phi) is 8.42. The number of rotatable bonds is 6. The number of carbonyl (C=O) groups excluding carboxylic acids is 1. The number of hydrogen-bond donors (Lipinski definition) is 1. The van der Waals surface area contributed by atoms with Crippen molar-refractivity contribution < 1.29 is 4.79 Å². The van der Waals surface area contributed by atoms with Crippen molar-refractivity contribution in [1.29, 1.82) is 0 Å². The number of imidazole rings is 1. The van der Waals surface area contributed by atoms with Gasteiger partial charge in [-0.15, -0.1) is 24.8 Å². The van der Waals surface area contributed by atoms with Crippen molar-refractivity contribution >= 4 is 30.7 Å². The molecule has 7 heteroatoms. The van der Waals surface area contributed by atoms with E-state index in [-0.39, 0.29) is 30.7 Å². The summed E-state index contributed by atoms with van der Waals surface area (Å²) in [6, 6.07) is 10.1. The molecule has 0 spiro atoms. The third-order valence-electron chi connectivity index (χ3n) is 4.61. The van der Waals surface area contributed by atoms with E-state index in [2.05, 4.69) is 17.1 Å². The molecular formula is C18H26Cl2N4O. The van der Waals surface area contributed by atoms with Crippen molar-refractivity contribution in [2.75, 3.05) is 7.05 Å². The largest absolute Gasteiger partial charge is 0.341 e. The first-order chi connectivity index (χ1) is 11.1. The van der Waals surface area contributed by atoms with Gasteiger partial charge in [0.15, 0.2) is 0 Å². The summed E-state index contributed by atoms with van der Waals surface area (Å²) in [6.07, 6.45) is 7.67. The average Bonchev–Trinajstić information content (AvgIpc) is 2.92. The predicted molar refractivity (Wildman–Crippen MR) is 104 cm³/mol. The van der Waals surface area contributed by atoms with Crippen molar-refractivity contribution in [3.05, 3.63) is 54.1 Å². The Labute approximate surface area is 161 Å². The number of nitrogens with zero attached hydrogens (tertiary/aromatic N) is 3. The van der Waals surface area contributed by atoms with Gasteiger partial charge in [0.1, 0.15) is 0 Å². The highest BCUT2D eigenvalue weighted by Gasteiger charge is 2.28. The van der Waals surface area contributed by atoms with E-state index in [4.69, 9.17) is 5.73 Å². The Balaban J connectivity index is 0.00000156. The lowest BCUT2D eigenvalue weighted by atomic mass is 9.91. The molecule has 1 heterocycles. The molecule has 1 aromatic carbocycles. The van der Waals surface area contributed by atoms with E-state index in [0.29, 0.717) is 12.5 Å². The second-order valence-electron chi connectivity index (χ2n) is 6.37. The van der Waals surface area contributed by atoms with Crippen LogP contribution < -0.4 is 5.73 Å². The smallest absolute Gasteiger partial charge is 0.239 e. The van der Waals surface area contributed by atoms with Gasteiger partial charge in [-0.3, -0.25) is 4.79 Å². The normalized spacial score (nSPS) is 14.6. The van der Waals surface area contributed by atoms with Crippen molar-refractivity contribution in [3.8, 4) is 0 Å². The fourth-order valence-electron chi connectivity index (χ4n) is 2.92. The number of amides is 1. The van der Waals surface area contributed by atoms with Crippen LogP contribution in [0.1, 0.15) is 30.5 Å². The van der Waals surface area contributed by atoms with Crippen LogP contribution in [-0.2, 0) is 17.8 Å². The Bertz CT molecular complexity index is 658. The van der Waals surface area contributed by atoms with E-state index in [0.717, 1.165) is 25.1 Å². The molecule has 2 aromatic rings. The predicted octanol–water partition coefficient (Wildman–Crippen LogP) is 2.66. The van der Waals surface area contributed by atoms with Crippen LogP contribution >= 0.6 is 24.8 Å². The van der Waals surface area contributed by atoms with E-state index < -0.39 is 6.04 Å². The summed E-state index contributed by atoms with van der Waals surface area (Å²) < 4.78 is 2.03. The van der Waals surface area contributed by atoms with Crippen molar-refractivity contribution in [2.24, 2.45) is 5.73 Å². The molecular weight excluding hydrogens is 359 g/mol. The van der Waals surface area contributed by atoms with Crippen molar-refractivity contribution in [1.82, 2.24) is 14.5 Å². The lowest BCUT2D eigenvalue weighted by Gasteiger charge is -2.36. The standard InChI is InChI=1S/C18H24N4O.2ClH/c1-21(16-8-5-9-16)18(23)17(19)10-15-12-22(13-20-15)11-14-6-3-2-4-7-14;;/h2-4,6-7,12-13,16-17H,5,8-11,19H2,1H3;2*1H/t17-;;/m0../s1. The minimum absolute atomic E-state index is 0. The number of likely N-dealkylation sites (N-methyl/N-ethyl adjacent to an activating group) is 1. The highest BCUT2D eigenvalue weighted by molar-refractivity contribution is 5.85. The molecule has 1 aliphatic rings. The third-order valence-corrected chi connectivity index (χ3v) is 4.61. The van der Waals surface area contributed by atoms with Crippen LogP contribution in [0.25, 0.3) is 0 Å². The van der Waals surface area contributed by atoms with E-state index in [9.17, 15) is 4.79 Å². The van der Waals surface area contributed by atoms with E-state index in [1.807, 2.05) is 40.9 Å². The van der Waals surface area contributed by atoms with Gasteiger partial charge in [0, 0.05) is 32.3 Å². The van der Waals surface area contributed by atoms with Crippen molar-refractivity contribution in [3.63, 3.8) is 0 Å². The van der Waals surface area contributed by atoms with Gasteiger partial charge < -0.3 is 15.2 Å². The fraction of sp³-hybridized carbons (Fsp3) is 0.444. The van der Waals surface area contributed by atoms with Crippen molar-refractivity contribution in [2.45, 2.75) is 44.3 Å². The van der Waals surface area contributed by atoms with Gasteiger partial charge in [-0.05, 0) is 24.8 Å². The number of hydrogen-bond acceptors (Lipinski definition) is 3. The fourth-order valence-corrected chi connectivity index (χ4v) is 2.92. The molecule has 2 N–H and O–H groups in total. The molecule has 0 bridgehead atoms. The summed E-state index contributed by atoms with van der Waals surface area (Å²) in [7, 11) is 1.86.